The number of aromatic amines is 2. The van der Waals surface area contributed by atoms with Gasteiger partial charge in [0.2, 0.25) is 5.91 Å². The predicted molar refractivity (Wildman–Crippen MR) is 157 cm³/mol. The summed E-state index contributed by atoms with van der Waals surface area (Å²) in [5.41, 5.74) is 7.02. The number of likely N-dealkylation sites (N-methyl/N-ethyl adjacent to an activating group) is 1. The lowest BCUT2D eigenvalue weighted by molar-refractivity contribution is -0.138. The average molecular weight is 542 g/mol. The molecule has 0 aliphatic carbocycles. The summed E-state index contributed by atoms with van der Waals surface area (Å²) in [4.78, 5) is 29.0. The van der Waals surface area contributed by atoms with Crippen LogP contribution < -0.4 is 0 Å². The Morgan fingerprint density at radius 1 is 1.12 bits per heavy atom. The van der Waals surface area contributed by atoms with Crippen molar-refractivity contribution in [2.75, 3.05) is 33.2 Å². The van der Waals surface area contributed by atoms with Gasteiger partial charge in [-0.05, 0) is 81.2 Å². The molecule has 4 aromatic rings. The van der Waals surface area contributed by atoms with Crippen molar-refractivity contribution in [3.63, 3.8) is 0 Å². The fourth-order valence-corrected chi connectivity index (χ4v) is 6.22. The summed E-state index contributed by atoms with van der Waals surface area (Å²) in [6.45, 7) is 10.6. The minimum atomic E-state index is -0.205. The highest BCUT2D eigenvalue weighted by Crippen LogP contribution is 2.34. The van der Waals surface area contributed by atoms with Crippen molar-refractivity contribution in [3.05, 3.63) is 53.3 Å². The lowest BCUT2D eigenvalue weighted by atomic mass is 9.97. The molecule has 210 valence electrons. The number of nitrogens with one attached hydrogen (secondary N) is 2. The van der Waals surface area contributed by atoms with Gasteiger partial charge in [0, 0.05) is 44.0 Å². The number of imidazole rings is 1. The van der Waals surface area contributed by atoms with E-state index in [2.05, 4.69) is 75.9 Å². The monoisotopic (exact) mass is 541 g/mol. The summed E-state index contributed by atoms with van der Waals surface area (Å²) < 4.78 is 0. The highest BCUT2D eigenvalue weighted by molar-refractivity contribution is 5.94. The molecule has 2 aromatic heterocycles. The number of carbonyl (C=O) groups excluding carboxylic acids is 1. The quantitative estimate of drug-likeness (QED) is 0.350. The standard InChI is InChI=1S/C31H39N7O2/c1-5-20-15-22(39)8-10-23(20)21-7-9-24-25(16-21)34-35-29(24)30-32-26-17-28(38(19(2)3)18-27(26)33-30)31(40)37-12-6-11-36(4)13-14-37/h7-10,15-16,19,28,39H,5-6,11-14,17-18H2,1-4H3,(H,32,33)(H,34,35). The van der Waals surface area contributed by atoms with Gasteiger partial charge in [-0.15, -0.1) is 0 Å². The van der Waals surface area contributed by atoms with E-state index in [1.807, 2.05) is 12.1 Å². The molecule has 9 heteroatoms. The highest BCUT2D eigenvalue weighted by atomic mass is 16.3. The number of fused-ring (bicyclic) bond motifs is 2. The zero-order valence-corrected chi connectivity index (χ0v) is 23.9. The molecule has 3 N–H and O–H groups in total. The van der Waals surface area contributed by atoms with Crippen molar-refractivity contribution in [2.45, 2.75) is 58.7 Å². The SMILES string of the molecule is CCc1cc(O)ccc1-c1ccc2c(-c3nc4c([nH]3)CN(C(C)C)C(C(=O)N3CCCN(C)CC3)C4)n[nH]c2c1. The van der Waals surface area contributed by atoms with Crippen LogP contribution in [0.1, 0.15) is 44.1 Å². The van der Waals surface area contributed by atoms with Gasteiger partial charge in [-0.2, -0.15) is 5.10 Å². The van der Waals surface area contributed by atoms with Crippen molar-refractivity contribution in [1.82, 2.24) is 34.9 Å². The molecular weight excluding hydrogens is 502 g/mol. The number of aryl methyl sites for hydroxylation is 1. The first-order valence-electron chi connectivity index (χ1n) is 14.4. The second-order valence-corrected chi connectivity index (χ2v) is 11.5. The number of phenols is 1. The summed E-state index contributed by atoms with van der Waals surface area (Å²) in [6, 6.07) is 11.8. The molecule has 0 radical (unpaired) electrons. The van der Waals surface area contributed by atoms with Crippen LogP contribution in [0.5, 0.6) is 5.75 Å². The lowest BCUT2D eigenvalue weighted by Gasteiger charge is -2.39. The van der Waals surface area contributed by atoms with Crippen LogP contribution in [-0.2, 0) is 24.2 Å². The van der Waals surface area contributed by atoms with E-state index in [1.165, 1.54) is 0 Å². The normalized spacial score (nSPS) is 18.8. The number of hydrogen-bond acceptors (Lipinski definition) is 6. The highest BCUT2D eigenvalue weighted by Gasteiger charge is 2.37. The van der Waals surface area contributed by atoms with Crippen LogP contribution >= 0.6 is 0 Å². The van der Waals surface area contributed by atoms with E-state index in [-0.39, 0.29) is 23.7 Å². The Morgan fingerprint density at radius 2 is 1.98 bits per heavy atom. The molecule has 0 bridgehead atoms. The van der Waals surface area contributed by atoms with E-state index >= 15 is 0 Å². The molecule has 6 rings (SSSR count). The maximum atomic E-state index is 13.8. The third-order valence-electron chi connectivity index (χ3n) is 8.54. The molecular formula is C31H39N7O2. The fraction of sp³-hybridized carbons (Fsp3) is 0.452. The van der Waals surface area contributed by atoms with Crippen molar-refractivity contribution < 1.29 is 9.90 Å². The largest absolute Gasteiger partial charge is 0.508 e. The van der Waals surface area contributed by atoms with E-state index in [1.54, 1.807) is 6.07 Å². The molecule has 9 nitrogen and oxygen atoms in total. The van der Waals surface area contributed by atoms with E-state index in [0.29, 0.717) is 13.0 Å². The minimum absolute atomic E-state index is 0.205. The molecule has 1 saturated heterocycles. The second-order valence-electron chi connectivity index (χ2n) is 11.5. The van der Waals surface area contributed by atoms with Gasteiger partial charge in [0.15, 0.2) is 5.82 Å². The molecule has 1 amide bonds. The lowest BCUT2D eigenvalue weighted by Crippen LogP contribution is -2.54. The molecule has 1 unspecified atom stereocenters. The molecule has 0 saturated carbocycles. The predicted octanol–water partition coefficient (Wildman–Crippen LogP) is 4.19. The molecule has 0 spiro atoms. The zero-order chi connectivity index (χ0) is 28.0. The molecule has 2 aliphatic heterocycles. The third-order valence-corrected chi connectivity index (χ3v) is 8.54. The topological polar surface area (TPSA) is 104 Å². The Hall–Kier alpha value is -3.69. The Bertz CT molecular complexity index is 1540. The van der Waals surface area contributed by atoms with Gasteiger partial charge < -0.3 is 19.9 Å². The van der Waals surface area contributed by atoms with Gasteiger partial charge >= 0.3 is 0 Å². The molecule has 2 aromatic carbocycles. The van der Waals surface area contributed by atoms with Crippen LogP contribution in [0, 0.1) is 0 Å². The molecule has 1 atom stereocenters. The number of nitrogens with zero attached hydrogens (tertiary/aromatic N) is 5. The van der Waals surface area contributed by atoms with Crippen LogP contribution in [0.15, 0.2) is 36.4 Å². The van der Waals surface area contributed by atoms with Gasteiger partial charge in [-0.3, -0.25) is 14.8 Å². The van der Waals surface area contributed by atoms with Crippen LogP contribution in [0.25, 0.3) is 33.5 Å². The summed E-state index contributed by atoms with van der Waals surface area (Å²) in [6.07, 6.45) is 2.44. The Labute approximate surface area is 235 Å². The van der Waals surface area contributed by atoms with Crippen LogP contribution in [0.4, 0.5) is 0 Å². The van der Waals surface area contributed by atoms with E-state index in [0.717, 1.165) is 89.5 Å². The first kappa shape index (κ1) is 26.5. The summed E-state index contributed by atoms with van der Waals surface area (Å²) in [5.74, 6) is 1.24. The van der Waals surface area contributed by atoms with Gasteiger partial charge in [0.05, 0.1) is 22.9 Å². The van der Waals surface area contributed by atoms with Crippen LogP contribution in [0.3, 0.4) is 0 Å². The maximum Gasteiger partial charge on any atom is 0.240 e. The number of H-pyrrole nitrogens is 2. The van der Waals surface area contributed by atoms with Crippen LogP contribution in [0.2, 0.25) is 0 Å². The number of carbonyl (C=O) groups is 1. The number of rotatable bonds is 5. The zero-order valence-electron chi connectivity index (χ0n) is 23.9. The van der Waals surface area contributed by atoms with Gasteiger partial charge in [0.1, 0.15) is 11.4 Å². The minimum Gasteiger partial charge on any atom is -0.508 e. The second kappa shape index (κ2) is 10.7. The summed E-state index contributed by atoms with van der Waals surface area (Å²) in [5, 5.41) is 18.8. The van der Waals surface area contributed by atoms with Crippen molar-refractivity contribution in [3.8, 4) is 28.4 Å². The summed E-state index contributed by atoms with van der Waals surface area (Å²) >= 11 is 0. The number of hydrogen-bond donors (Lipinski definition) is 3. The molecule has 2 aliphatic rings. The average Bonchev–Trinajstić information content (AvgIpc) is 3.49. The van der Waals surface area contributed by atoms with Crippen LogP contribution in [-0.4, -0.2) is 91.2 Å². The smallest absolute Gasteiger partial charge is 0.240 e. The number of aromatic hydroxyl groups is 1. The Balaban J connectivity index is 1.29. The first-order valence-corrected chi connectivity index (χ1v) is 14.4. The van der Waals surface area contributed by atoms with Gasteiger partial charge in [-0.25, -0.2) is 4.98 Å². The van der Waals surface area contributed by atoms with Gasteiger partial charge in [-0.1, -0.05) is 19.1 Å². The van der Waals surface area contributed by atoms with Crippen molar-refractivity contribution in [1.29, 1.82) is 0 Å². The molecule has 4 heterocycles. The Kier molecular flexibility index (Phi) is 7.10. The third kappa shape index (κ3) is 4.88. The van der Waals surface area contributed by atoms with E-state index in [9.17, 15) is 9.90 Å². The van der Waals surface area contributed by atoms with Crippen molar-refractivity contribution >= 4 is 16.8 Å². The fourth-order valence-electron chi connectivity index (χ4n) is 6.22. The molecule has 40 heavy (non-hydrogen) atoms. The maximum absolute atomic E-state index is 13.8. The number of amides is 1. The molecule has 1 fully saturated rings. The first-order chi connectivity index (χ1) is 19.3. The summed E-state index contributed by atoms with van der Waals surface area (Å²) in [7, 11) is 2.13. The Morgan fingerprint density at radius 3 is 2.77 bits per heavy atom. The number of aromatic nitrogens is 4. The van der Waals surface area contributed by atoms with Gasteiger partial charge in [0.25, 0.3) is 0 Å². The van der Waals surface area contributed by atoms with E-state index < -0.39 is 0 Å². The number of phenolic OH excluding ortho intramolecular Hbond substituents is 1. The van der Waals surface area contributed by atoms with E-state index in [4.69, 9.17) is 4.98 Å². The number of benzene rings is 2. The van der Waals surface area contributed by atoms with Crippen molar-refractivity contribution in [2.24, 2.45) is 0 Å².